The van der Waals surface area contributed by atoms with Crippen molar-refractivity contribution < 1.29 is 8.42 Å². The van der Waals surface area contributed by atoms with Crippen LogP contribution in [0.4, 0.5) is 0 Å². The fourth-order valence-electron chi connectivity index (χ4n) is 3.06. The van der Waals surface area contributed by atoms with Gasteiger partial charge in [0.25, 0.3) is 0 Å². The summed E-state index contributed by atoms with van der Waals surface area (Å²) in [6.45, 7) is 8.73. The lowest BCUT2D eigenvalue weighted by atomic mass is 9.69. The molecule has 3 nitrogen and oxygen atoms in total. The molecule has 0 bridgehead atoms. The summed E-state index contributed by atoms with van der Waals surface area (Å²) in [7, 11) is -3.02. The molecule has 1 fully saturated rings. The second-order valence-corrected chi connectivity index (χ2v) is 9.11. The van der Waals surface area contributed by atoms with Crippen molar-refractivity contribution in [3.8, 4) is 0 Å². The average molecular weight is 289 g/mol. The smallest absolute Gasteiger partial charge is 0.154 e. The van der Waals surface area contributed by atoms with E-state index >= 15 is 0 Å². The first kappa shape index (κ1) is 17.0. The second-order valence-electron chi connectivity index (χ2n) is 6.77. The van der Waals surface area contributed by atoms with Crippen molar-refractivity contribution in [3.05, 3.63) is 0 Å². The van der Waals surface area contributed by atoms with E-state index in [-0.39, 0.29) is 16.7 Å². The highest BCUT2D eigenvalue weighted by Gasteiger charge is 2.41. The summed E-state index contributed by atoms with van der Waals surface area (Å²) in [5.41, 5.74) is 6.33. The quantitative estimate of drug-likeness (QED) is 0.817. The fraction of sp³-hybridized carbons (Fsp3) is 1.00. The molecule has 1 saturated carbocycles. The van der Waals surface area contributed by atoms with Gasteiger partial charge in [0.1, 0.15) is 0 Å². The van der Waals surface area contributed by atoms with Crippen molar-refractivity contribution in [1.29, 1.82) is 0 Å². The normalized spacial score (nSPS) is 29.4. The van der Waals surface area contributed by atoms with E-state index in [1.165, 1.54) is 0 Å². The molecule has 1 aliphatic rings. The third-order valence-corrected chi connectivity index (χ3v) is 7.43. The molecule has 3 unspecified atom stereocenters. The highest BCUT2D eigenvalue weighted by molar-refractivity contribution is 7.92. The van der Waals surface area contributed by atoms with Crippen molar-refractivity contribution in [2.75, 3.05) is 5.75 Å². The first-order chi connectivity index (χ1) is 8.74. The average Bonchev–Trinajstić information content (AvgIpc) is 2.36. The SMILES string of the molecule is CCCCS(=O)(=O)C1CC(C(C)(C)CC)CCC1N. The van der Waals surface area contributed by atoms with Gasteiger partial charge in [0.2, 0.25) is 0 Å². The van der Waals surface area contributed by atoms with Gasteiger partial charge in [-0.3, -0.25) is 0 Å². The summed E-state index contributed by atoms with van der Waals surface area (Å²) >= 11 is 0. The van der Waals surface area contributed by atoms with Gasteiger partial charge in [-0.2, -0.15) is 0 Å². The molecule has 1 rings (SSSR count). The van der Waals surface area contributed by atoms with Crippen LogP contribution in [0.15, 0.2) is 0 Å². The predicted octanol–water partition coefficient (Wildman–Crippen LogP) is 3.13. The van der Waals surface area contributed by atoms with Gasteiger partial charge < -0.3 is 5.73 Å². The van der Waals surface area contributed by atoms with Crippen LogP contribution in [-0.2, 0) is 9.84 Å². The molecule has 0 heterocycles. The van der Waals surface area contributed by atoms with E-state index in [9.17, 15) is 8.42 Å². The second kappa shape index (κ2) is 6.57. The molecule has 0 aromatic heterocycles. The van der Waals surface area contributed by atoms with Gasteiger partial charge in [0.05, 0.1) is 11.0 Å². The number of hydrogen-bond donors (Lipinski definition) is 1. The zero-order valence-corrected chi connectivity index (χ0v) is 13.8. The maximum atomic E-state index is 12.4. The summed E-state index contributed by atoms with van der Waals surface area (Å²) in [6.07, 6.45) is 5.45. The zero-order chi connectivity index (χ0) is 14.7. The van der Waals surface area contributed by atoms with E-state index in [4.69, 9.17) is 5.73 Å². The molecule has 0 radical (unpaired) electrons. The van der Waals surface area contributed by atoms with Crippen LogP contribution in [0.25, 0.3) is 0 Å². The molecule has 0 amide bonds. The lowest BCUT2D eigenvalue weighted by Gasteiger charge is -2.41. The van der Waals surface area contributed by atoms with Gasteiger partial charge in [-0.15, -0.1) is 0 Å². The summed E-state index contributed by atoms with van der Waals surface area (Å²) in [5, 5.41) is -0.316. The molecule has 1 aliphatic carbocycles. The molecule has 0 aromatic carbocycles. The third-order valence-electron chi connectivity index (χ3n) is 5.10. The van der Waals surface area contributed by atoms with Crippen LogP contribution in [0.1, 0.15) is 66.2 Å². The van der Waals surface area contributed by atoms with Crippen molar-refractivity contribution in [3.63, 3.8) is 0 Å². The van der Waals surface area contributed by atoms with Crippen LogP contribution in [0.3, 0.4) is 0 Å². The minimum atomic E-state index is -3.02. The zero-order valence-electron chi connectivity index (χ0n) is 13.0. The monoisotopic (exact) mass is 289 g/mol. The molecular weight excluding hydrogens is 258 g/mol. The minimum absolute atomic E-state index is 0.161. The predicted molar refractivity (Wildman–Crippen MR) is 81.9 cm³/mol. The van der Waals surface area contributed by atoms with Crippen LogP contribution < -0.4 is 5.73 Å². The molecule has 3 atom stereocenters. The largest absolute Gasteiger partial charge is 0.327 e. The number of sulfone groups is 1. The Morgan fingerprint density at radius 1 is 1.21 bits per heavy atom. The molecule has 0 saturated heterocycles. The lowest BCUT2D eigenvalue weighted by Crippen LogP contribution is -2.48. The number of hydrogen-bond acceptors (Lipinski definition) is 3. The van der Waals surface area contributed by atoms with Gasteiger partial charge in [0.15, 0.2) is 9.84 Å². The molecule has 0 spiro atoms. The first-order valence-corrected chi connectivity index (χ1v) is 9.43. The maximum Gasteiger partial charge on any atom is 0.154 e. The van der Waals surface area contributed by atoms with Crippen LogP contribution >= 0.6 is 0 Å². The number of unbranched alkanes of at least 4 members (excludes halogenated alkanes) is 1. The Kier molecular flexibility index (Phi) is 5.87. The molecule has 4 heteroatoms. The van der Waals surface area contributed by atoms with Crippen molar-refractivity contribution in [2.45, 2.75) is 77.5 Å². The molecular formula is C15H31NO2S. The van der Waals surface area contributed by atoms with Crippen molar-refractivity contribution >= 4 is 9.84 Å². The van der Waals surface area contributed by atoms with Gasteiger partial charge in [-0.1, -0.05) is 40.5 Å². The number of nitrogens with two attached hydrogens (primary N) is 1. The number of rotatable bonds is 6. The van der Waals surface area contributed by atoms with E-state index < -0.39 is 9.84 Å². The molecule has 0 aromatic rings. The molecule has 19 heavy (non-hydrogen) atoms. The van der Waals surface area contributed by atoms with Crippen LogP contribution in [0, 0.1) is 11.3 Å². The van der Waals surface area contributed by atoms with E-state index in [0.29, 0.717) is 11.7 Å². The first-order valence-electron chi connectivity index (χ1n) is 7.71. The van der Waals surface area contributed by atoms with Gasteiger partial charge in [-0.25, -0.2) is 8.42 Å². The van der Waals surface area contributed by atoms with Crippen molar-refractivity contribution in [2.24, 2.45) is 17.1 Å². The van der Waals surface area contributed by atoms with Gasteiger partial charge in [-0.05, 0) is 37.0 Å². The van der Waals surface area contributed by atoms with Gasteiger partial charge >= 0.3 is 0 Å². The summed E-state index contributed by atoms with van der Waals surface area (Å²) in [5.74, 6) is 0.792. The van der Waals surface area contributed by atoms with E-state index in [1.54, 1.807) is 0 Å². The Bertz CT molecular complexity index is 376. The maximum absolute atomic E-state index is 12.4. The molecule has 0 aliphatic heterocycles. The Hall–Kier alpha value is -0.0900. The minimum Gasteiger partial charge on any atom is -0.327 e. The Morgan fingerprint density at radius 3 is 2.37 bits per heavy atom. The van der Waals surface area contributed by atoms with Crippen LogP contribution in [-0.4, -0.2) is 25.5 Å². The highest BCUT2D eigenvalue weighted by Crippen LogP contribution is 2.41. The topological polar surface area (TPSA) is 60.2 Å². The Balaban J connectivity index is 2.82. The molecule has 114 valence electrons. The summed E-state index contributed by atoms with van der Waals surface area (Å²) < 4.78 is 24.9. The summed E-state index contributed by atoms with van der Waals surface area (Å²) in [4.78, 5) is 0. The summed E-state index contributed by atoms with van der Waals surface area (Å²) in [6, 6.07) is -0.161. The Labute approximate surface area is 119 Å². The van der Waals surface area contributed by atoms with Gasteiger partial charge in [0, 0.05) is 6.04 Å². The van der Waals surface area contributed by atoms with Crippen LogP contribution in [0.2, 0.25) is 0 Å². The van der Waals surface area contributed by atoms with Crippen LogP contribution in [0.5, 0.6) is 0 Å². The fourth-order valence-corrected chi connectivity index (χ4v) is 5.25. The van der Waals surface area contributed by atoms with E-state index in [2.05, 4.69) is 20.8 Å². The van der Waals surface area contributed by atoms with E-state index in [1.807, 2.05) is 6.92 Å². The van der Waals surface area contributed by atoms with Crippen molar-refractivity contribution in [1.82, 2.24) is 0 Å². The lowest BCUT2D eigenvalue weighted by molar-refractivity contribution is 0.146. The standard InChI is InChI=1S/C15H31NO2S/c1-5-7-10-19(17,18)14-11-12(8-9-13(14)16)15(3,4)6-2/h12-14H,5-11,16H2,1-4H3. The molecule has 2 N–H and O–H groups in total. The highest BCUT2D eigenvalue weighted by atomic mass is 32.2. The van der Waals surface area contributed by atoms with E-state index in [0.717, 1.165) is 38.5 Å². The third kappa shape index (κ3) is 4.19. The Morgan fingerprint density at radius 2 is 1.84 bits per heavy atom.